The minimum atomic E-state index is 0.131. The molecule has 1 aromatic carbocycles. The zero-order valence-electron chi connectivity index (χ0n) is 12.3. The van der Waals surface area contributed by atoms with Crippen molar-refractivity contribution in [1.82, 2.24) is 15.0 Å². The molecule has 1 heterocycles. The lowest BCUT2D eigenvalue weighted by molar-refractivity contribution is 0.118. The van der Waals surface area contributed by atoms with Gasteiger partial charge in [0.25, 0.3) is 0 Å². The van der Waals surface area contributed by atoms with Gasteiger partial charge in [-0.2, -0.15) is 4.98 Å². The number of aliphatic hydroxyl groups excluding tert-OH is 1. The van der Waals surface area contributed by atoms with Crippen LogP contribution in [0.25, 0.3) is 0 Å². The monoisotopic (exact) mass is 287 g/mol. The second-order valence-electron chi connectivity index (χ2n) is 5.54. The van der Waals surface area contributed by atoms with E-state index in [2.05, 4.69) is 39.3 Å². The Morgan fingerprint density at radius 1 is 1.38 bits per heavy atom. The van der Waals surface area contributed by atoms with Crippen molar-refractivity contribution in [2.75, 3.05) is 13.2 Å². The summed E-state index contributed by atoms with van der Waals surface area (Å²) in [6.07, 6.45) is 3.41. The van der Waals surface area contributed by atoms with Gasteiger partial charge in [0.1, 0.15) is 0 Å². The van der Waals surface area contributed by atoms with Crippen LogP contribution in [0.15, 0.2) is 28.8 Å². The number of fused-ring (bicyclic) bond motifs is 1. The minimum absolute atomic E-state index is 0.131. The van der Waals surface area contributed by atoms with Gasteiger partial charge in [-0.05, 0) is 37.3 Å². The fraction of sp³-hybridized carbons (Fsp3) is 0.500. The molecule has 0 spiro atoms. The highest BCUT2D eigenvalue weighted by Gasteiger charge is 2.26. The van der Waals surface area contributed by atoms with Crippen molar-refractivity contribution in [3.63, 3.8) is 0 Å². The van der Waals surface area contributed by atoms with Gasteiger partial charge in [0.05, 0.1) is 13.2 Å². The molecule has 1 aromatic heterocycles. The van der Waals surface area contributed by atoms with Gasteiger partial charge >= 0.3 is 0 Å². The Balaban J connectivity index is 1.84. The van der Waals surface area contributed by atoms with Gasteiger partial charge < -0.3 is 9.63 Å². The summed E-state index contributed by atoms with van der Waals surface area (Å²) in [5, 5.41) is 13.2. The number of aryl methyl sites for hydroxylation is 2. The van der Waals surface area contributed by atoms with Crippen LogP contribution < -0.4 is 0 Å². The Morgan fingerprint density at radius 2 is 2.24 bits per heavy atom. The largest absolute Gasteiger partial charge is 0.395 e. The normalized spacial score (nSPS) is 18.0. The fourth-order valence-electron chi connectivity index (χ4n) is 3.16. The molecular weight excluding hydrogens is 266 g/mol. The highest BCUT2D eigenvalue weighted by Crippen LogP contribution is 2.34. The Morgan fingerprint density at radius 3 is 3.00 bits per heavy atom. The summed E-state index contributed by atoms with van der Waals surface area (Å²) in [6.45, 7) is 3.14. The molecule has 0 saturated carbocycles. The average molecular weight is 287 g/mol. The number of nitrogens with zero attached hydrogens (tertiary/aromatic N) is 3. The van der Waals surface area contributed by atoms with Crippen LogP contribution in [-0.4, -0.2) is 33.3 Å². The van der Waals surface area contributed by atoms with Crippen molar-refractivity contribution >= 4 is 0 Å². The van der Waals surface area contributed by atoms with Crippen molar-refractivity contribution < 1.29 is 9.63 Å². The van der Waals surface area contributed by atoms with Gasteiger partial charge in [-0.3, -0.25) is 4.90 Å². The number of rotatable bonds is 5. The lowest BCUT2D eigenvalue weighted by Gasteiger charge is -2.34. The standard InChI is InChI=1S/C16H21N3O2/c1-12-17-16(21-18-12)11-19(9-10-20)15-8-4-6-13-5-2-3-7-14(13)15/h2-3,5,7,15,20H,4,6,8-11H2,1H3. The van der Waals surface area contributed by atoms with Crippen molar-refractivity contribution in [3.8, 4) is 0 Å². The first-order chi connectivity index (χ1) is 10.3. The first-order valence-corrected chi connectivity index (χ1v) is 7.50. The molecule has 3 rings (SSSR count). The number of aromatic nitrogens is 2. The molecule has 2 aromatic rings. The number of aliphatic hydroxyl groups is 1. The number of hydrogen-bond donors (Lipinski definition) is 1. The van der Waals surface area contributed by atoms with Crippen LogP contribution in [0, 0.1) is 6.92 Å². The van der Waals surface area contributed by atoms with E-state index < -0.39 is 0 Å². The lowest BCUT2D eigenvalue weighted by atomic mass is 9.87. The van der Waals surface area contributed by atoms with Crippen LogP contribution >= 0.6 is 0 Å². The molecule has 5 nitrogen and oxygen atoms in total. The van der Waals surface area contributed by atoms with Gasteiger partial charge in [-0.1, -0.05) is 29.4 Å². The van der Waals surface area contributed by atoms with E-state index in [1.165, 1.54) is 17.5 Å². The molecule has 0 aliphatic heterocycles. The minimum Gasteiger partial charge on any atom is -0.395 e. The van der Waals surface area contributed by atoms with Crippen LogP contribution in [0.3, 0.4) is 0 Å². The van der Waals surface area contributed by atoms with Gasteiger partial charge in [0, 0.05) is 12.6 Å². The summed E-state index contributed by atoms with van der Waals surface area (Å²) in [4.78, 5) is 6.52. The van der Waals surface area contributed by atoms with E-state index in [1.807, 2.05) is 6.92 Å². The fourth-order valence-corrected chi connectivity index (χ4v) is 3.16. The second-order valence-corrected chi connectivity index (χ2v) is 5.54. The molecule has 1 aliphatic carbocycles. The number of hydrogen-bond acceptors (Lipinski definition) is 5. The Labute approximate surface area is 124 Å². The molecule has 0 radical (unpaired) electrons. The Kier molecular flexibility index (Phi) is 4.31. The highest BCUT2D eigenvalue weighted by molar-refractivity contribution is 5.32. The lowest BCUT2D eigenvalue weighted by Crippen LogP contribution is -2.33. The summed E-state index contributed by atoms with van der Waals surface area (Å²) in [5.41, 5.74) is 2.78. The van der Waals surface area contributed by atoms with E-state index in [-0.39, 0.29) is 6.61 Å². The molecule has 0 fully saturated rings. The zero-order chi connectivity index (χ0) is 14.7. The predicted octanol–water partition coefficient (Wildman–Crippen LogP) is 2.25. The highest BCUT2D eigenvalue weighted by atomic mass is 16.5. The predicted molar refractivity (Wildman–Crippen MR) is 78.7 cm³/mol. The van der Waals surface area contributed by atoms with E-state index in [4.69, 9.17) is 4.52 Å². The maximum absolute atomic E-state index is 9.39. The van der Waals surface area contributed by atoms with Crippen molar-refractivity contribution in [1.29, 1.82) is 0 Å². The average Bonchev–Trinajstić information content (AvgIpc) is 2.91. The van der Waals surface area contributed by atoms with E-state index in [0.717, 1.165) is 12.8 Å². The molecule has 5 heteroatoms. The molecule has 1 atom stereocenters. The Bertz CT molecular complexity index is 597. The van der Waals surface area contributed by atoms with E-state index in [1.54, 1.807) is 0 Å². The van der Waals surface area contributed by atoms with Crippen molar-refractivity contribution in [2.24, 2.45) is 0 Å². The quantitative estimate of drug-likeness (QED) is 0.914. The molecule has 1 unspecified atom stereocenters. The smallest absolute Gasteiger partial charge is 0.240 e. The third-order valence-electron chi connectivity index (χ3n) is 4.07. The first-order valence-electron chi connectivity index (χ1n) is 7.50. The maximum Gasteiger partial charge on any atom is 0.240 e. The molecular formula is C16H21N3O2. The second kappa shape index (κ2) is 6.37. The summed E-state index contributed by atoms with van der Waals surface area (Å²) in [6, 6.07) is 8.90. The third-order valence-corrected chi connectivity index (χ3v) is 4.07. The van der Waals surface area contributed by atoms with Crippen molar-refractivity contribution in [2.45, 2.75) is 38.8 Å². The number of benzene rings is 1. The summed E-state index contributed by atoms with van der Waals surface area (Å²) in [7, 11) is 0. The maximum atomic E-state index is 9.39. The molecule has 1 aliphatic rings. The summed E-state index contributed by atoms with van der Waals surface area (Å²) < 4.78 is 5.24. The van der Waals surface area contributed by atoms with Gasteiger partial charge in [-0.25, -0.2) is 0 Å². The van der Waals surface area contributed by atoms with Crippen LogP contribution in [0.5, 0.6) is 0 Å². The Hall–Kier alpha value is -1.72. The van der Waals surface area contributed by atoms with E-state index in [0.29, 0.717) is 30.8 Å². The molecule has 21 heavy (non-hydrogen) atoms. The van der Waals surface area contributed by atoms with Gasteiger partial charge in [0.2, 0.25) is 5.89 Å². The molecule has 0 saturated heterocycles. The van der Waals surface area contributed by atoms with Gasteiger partial charge in [0.15, 0.2) is 5.82 Å². The van der Waals surface area contributed by atoms with Crippen molar-refractivity contribution in [3.05, 3.63) is 47.1 Å². The molecule has 0 amide bonds. The third kappa shape index (κ3) is 3.14. The van der Waals surface area contributed by atoms with Crippen LogP contribution in [0.4, 0.5) is 0 Å². The van der Waals surface area contributed by atoms with Crippen LogP contribution in [0.2, 0.25) is 0 Å². The molecule has 1 N–H and O–H groups in total. The molecule has 112 valence electrons. The van der Waals surface area contributed by atoms with Crippen LogP contribution in [-0.2, 0) is 13.0 Å². The summed E-state index contributed by atoms with van der Waals surface area (Å²) in [5.74, 6) is 1.27. The summed E-state index contributed by atoms with van der Waals surface area (Å²) >= 11 is 0. The topological polar surface area (TPSA) is 62.4 Å². The zero-order valence-corrected chi connectivity index (χ0v) is 12.3. The van der Waals surface area contributed by atoms with Crippen LogP contribution in [0.1, 0.15) is 41.7 Å². The van der Waals surface area contributed by atoms with E-state index in [9.17, 15) is 5.11 Å². The van der Waals surface area contributed by atoms with Gasteiger partial charge in [-0.15, -0.1) is 0 Å². The SMILES string of the molecule is Cc1noc(CN(CCO)C2CCCc3ccccc32)n1. The molecule has 0 bridgehead atoms. The van der Waals surface area contributed by atoms with E-state index >= 15 is 0 Å². The first kappa shape index (κ1) is 14.2.